The van der Waals surface area contributed by atoms with Gasteiger partial charge in [-0.2, -0.15) is 0 Å². The molecule has 1 aromatic carbocycles. The highest BCUT2D eigenvalue weighted by Gasteiger charge is 2.17. The van der Waals surface area contributed by atoms with E-state index in [2.05, 4.69) is 69.1 Å². The molecule has 0 aliphatic heterocycles. The Hall–Kier alpha value is -1.02. The molecule has 108 valence electrons. The van der Waals surface area contributed by atoms with E-state index in [-0.39, 0.29) is 0 Å². The molecule has 0 heterocycles. The van der Waals surface area contributed by atoms with Crippen molar-refractivity contribution in [1.29, 1.82) is 0 Å². The minimum absolute atomic E-state index is 0.462. The number of rotatable bonds is 8. The van der Waals surface area contributed by atoms with Crippen molar-refractivity contribution < 1.29 is 0 Å². The van der Waals surface area contributed by atoms with Gasteiger partial charge in [0.25, 0.3) is 0 Å². The minimum atomic E-state index is 0.462. The van der Waals surface area contributed by atoms with Gasteiger partial charge in [0.05, 0.1) is 0 Å². The van der Waals surface area contributed by atoms with Gasteiger partial charge in [0, 0.05) is 24.3 Å². The SMILES string of the molecule is CCCNC(CC)c1ccccc1N(CC)C(C)C. The van der Waals surface area contributed by atoms with E-state index >= 15 is 0 Å². The summed E-state index contributed by atoms with van der Waals surface area (Å²) in [5.41, 5.74) is 2.82. The fourth-order valence-electron chi connectivity index (χ4n) is 2.65. The Morgan fingerprint density at radius 3 is 2.32 bits per heavy atom. The lowest BCUT2D eigenvalue weighted by atomic mass is 10.0. The van der Waals surface area contributed by atoms with Crippen molar-refractivity contribution in [2.45, 2.75) is 59.5 Å². The van der Waals surface area contributed by atoms with Gasteiger partial charge in [-0.1, -0.05) is 32.0 Å². The molecule has 0 aliphatic carbocycles. The maximum atomic E-state index is 3.67. The zero-order valence-electron chi connectivity index (χ0n) is 13.2. The van der Waals surface area contributed by atoms with Crippen LogP contribution in [0.3, 0.4) is 0 Å². The van der Waals surface area contributed by atoms with E-state index < -0.39 is 0 Å². The van der Waals surface area contributed by atoms with Crippen molar-refractivity contribution in [3.05, 3.63) is 29.8 Å². The van der Waals surface area contributed by atoms with Gasteiger partial charge < -0.3 is 10.2 Å². The lowest BCUT2D eigenvalue weighted by Crippen LogP contribution is -2.32. The fourth-order valence-corrected chi connectivity index (χ4v) is 2.65. The van der Waals surface area contributed by atoms with Gasteiger partial charge in [0.1, 0.15) is 0 Å². The molecular formula is C17H30N2. The monoisotopic (exact) mass is 262 g/mol. The number of hydrogen-bond acceptors (Lipinski definition) is 2. The Balaban J connectivity index is 3.05. The van der Waals surface area contributed by atoms with Crippen molar-refractivity contribution in [2.75, 3.05) is 18.0 Å². The summed E-state index contributed by atoms with van der Waals surface area (Å²) in [5.74, 6) is 0. The number of benzene rings is 1. The van der Waals surface area contributed by atoms with Crippen LogP contribution in [0.5, 0.6) is 0 Å². The molecule has 2 nitrogen and oxygen atoms in total. The van der Waals surface area contributed by atoms with Gasteiger partial charge in [0.2, 0.25) is 0 Å². The summed E-state index contributed by atoms with van der Waals surface area (Å²) >= 11 is 0. The molecule has 1 N–H and O–H groups in total. The quantitative estimate of drug-likeness (QED) is 0.748. The van der Waals surface area contributed by atoms with Crippen molar-refractivity contribution in [2.24, 2.45) is 0 Å². The molecule has 0 saturated heterocycles. The maximum Gasteiger partial charge on any atom is 0.0416 e. The highest BCUT2D eigenvalue weighted by Crippen LogP contribution is 2.29. The number of nitrogens with zero attached hydrogens (tertiary/aromatic N) is 1. The molecule has 0 saturated carbocycles. The third-order valence-corrected chi connectivity index (χ3v) is 3.63. The Morgan fingerprint density at radius 2 is 1.79 bits per heavy atom. The smallest absolute Gasteiger partial charge is 0.0416 e. The third kappa shape index (κ3) is 4.24. The second-order valence-corrected chi connectivity index (χ2v) is 5.35. The molecule has 0 aromatic heterocycles. The largest absolute Gasteiger partial charge is 0.369 e. The van der Waals surface area contributed by atoms with E-state index in [9.17, 15) is 0 Å². The van der Waals surface area contributed by atoms with Crippen LogP contribution in [0.4, 0.5) is 5.69 Å². The number of hydrogen-bond donors (Lipinski definition) is 1. The molecule has 1 atom stereocenters. The topological polar surface area (TPSA) is 15.3 Å². The maximum absolute atomic E-state index is 3.67. The standard InChI is InChI=1S/C17H30N2/c1-6-13-18-16(7-2)15-11-9-10-12-17(15)19(8-3)14(4)5/h9-12,14,16,18H,6-8,13H2,1-5H3. The molecule has 0 radical (unpaired) electrons. The van der Waals surface area contributed by atoms with Crippen LogP contribution in [0.15, 0.2) is 24.3 Å². The van der Waals surface area contributed by atoms with Gasteiger partial charge in [-0.05, 0) is 51.8 Å². The summed E-state index contributed by atoms with van der Waals surface area (Å²) in [6, 6.07) is 9.84. The lowest BCUT2D eigenvalue weighted by molar-refractivity contribution is 0.516. The zero-order chi connectivity index (χ0) is 14.3. The molecule has 1 unspecified atom stereocenters. The number of nitrogens with one attached hydrogen (secondary N) is 1. The van der Waals surface area contributed by atoms with E-state index in [1.54, 1.807) is 0 Å². The van der Waals surface area contributed by atoms with Crippen molar-refractivity contribution in [3.63, 3.8) is 0 Å². The zero-order valence-corrected chi connectivity index (χ0v) is 13.2. The molecule has 2 heteroatoms. The van der Waals surface area contributed by atoms with Crippen molar-refractivity contribution in [1.82, 2.24) is 5.32 Å². The van der Waals surface area contributed by atoms with Gasteiger partial charge >= 0.3 is 0 Å². The van der Waals surface area contributed by atoms with Crippen LogP contribution in [-0.2, 0) is 0 Å². The van der Waals surface area contributed by atoms with Crippen LogP contribution < -0.4 is 10.2 Å². The van der Waals surface area contributed by atoms with E-state index in [1.807, 2.05) is 0 Å². The Kier molecular flexibility index (Phi) is 6.93. The molecule has 0 aliphatic rings. The Labute approximate surface area is 119 Å². The average Bonchev–Trinajstić information content (AvgIpc) is 2.41. The van der Waals surface area contributed by atoms with E-state index in [4.69, 9.17) is 0 Å². The van der Waals surface area contributed by atoms with Crippen LogP contribution in [-0.4, -0.2) is 19.1 Å². The summed E-state index contributed by atoms with van der Waals surface area (Å²) < 4.78 is 0. The van der Waals surface area contributed by atoms with E-state index in [0.29, 0.717) is 12.1 Å². The van der Waals surface area contributed by atoms with Gasteiger partial charge in [-0.25, -0.2) is 0 Å². The summed E-state index contributed by atoms with van der Waals surface area (Å²) in [6.07, 6.45) is 2.31. The minimum Gasteiger partial charge on any atom is -0.369 e. The second kappa shape index (κ2) is 8.21. The van der Waals surface area contributed by atoms with Crippen LogP contribution in [0, 0.1) is 0 Å². The molecule has 0 fully saturated rings. The molecular weight excluding hydrogens is 232 g/mol. The predicted octanol–water partition coefficient (Wildman–Crippen LogP) is 4.37. The van der Waals surface area contributed by atoms with Crippen molar-refractivity contribution in [3.8, 4) is 0 Å². The highest BCUT2D eigenvalue weighted by atomic mass is 15.2. The Morgan fingerprint density at radius 1 is 1.11 bits per heavy atom. The molecule has 0 spiro atoms. The first-order valence-electron chi connectivity index (χ1n) is 7.74. The third-order valence-electron chi connectivity index (χ3n) is 3.63. The molecule has 0 amide bonds. The average molecular weight is 262 g/mol. The molecule has 1 aromatic rings. The summed E-state index contributed by atoms with van der Waals surface area (Å²) in [4.78, 5) is 2.48. The van der Waals surface area contributed by atoms with E-state index in [1.165, 1.54) is 17.7 Å². The number of para-hydroxylation sites is 1. The molecule has 19 heavy (non-hydrogen) atoms. The first kappa shape index (κ1) is 16.0. The fraction of sp³-hybridized carbons (Fsp3) is 0.647. The molecule has 1 rings (SSSR count). The summed E-state index contributed by atoms with van der Waals surface area (Å²) in [7, 11) is 0. The van der Waals surface area contributed by atoms with Crippen LogP contribution in [0.2, 0.25) is 0 Å². The first-order chi connectivity index (χ1) is 9.15. The normalized spacial score (nSPS) is 12.7. The Bertz CT molecular complexity index is 360. The first-order valence-corrected chi connectivity index (χ1v) is 7.74. The number of anilines is 1. The van der Waals surface area contributed by atoms with Crippen molar-refractivity contribution >= 4 is 5.69 Å². The molecule has 0 bridgehead atoms. The van der Waals surface area contributed by atoms with Gasteiger partial charge in [-0.15, -0.1) is 0 Å². The predicted molar refractivity (Wildman–Crippen MR) is 85.9 cm³/mol. The highest BCUT2D eigenvalue weighted by molar-refractivity contribution is 5.55. The van der Waals surface area contributed by atoms with Crippen LogP contribution >= 0.6 is 0 Å². The second-order valence-electron chi connectivity index (χ2n) is 5.35. The van der Waals surface area contributed by atoms with Gasteiger partial charge in [0.15, 0.2) is 0 Å². The van der Waals surface area contributed by atoms with Gasteiger partial charge in [-0.3, -0.25) is 0 Å². The summed E-state index contributed by atoms with van der Waals surface area (Å²) in [5, 5.41) is 3.67. The van der Waals surface area contributed by atoms with Crippen LogP contribution in [0.25, 0.3) is 0 Å². The summed E-state index contributed by atoms with van der Waals surface area (Å²) in [6.45, 7) is 13.4. The van der Waals surface area contributed by atoms with Crippen LogP contribution in [0.1, 0.15) is 59.1 Å². The van der Waals surface area contributed by atoms with E-state index in [0.717, 1.165) is 19.5 Å². The lowest BCUT2D eigenvalue weighted by Gasteiger charge is -2.32.